The number of aliphatic hydroxyl groups excluding tert-OH is 1. The quantitative estimate of drug-likeness (QED) is 0.817. The maximum absolute atomic E-state index is 9.35. The van der Waals surface area contributed by atoms with Crippen LogP contribution in [0.1, 0.15) is 11.1 Å². The van der Waals surface area contributed by atoms with Crippen LogP contribution in [0.3, 0.4) is 0 Å². The fourth-order valence-corrected chi connectivity index (χ4v) is 2.99. The van der Waals surface area contributed by atoms with Crippen molar-refractivity contribution in [1.29, 1.82) is 0 Å². The number of hydrogen-bond donors (Lipinski definition) is 1. The zero-order valence-electron chi connectivity index (χ0n) is 9.82. The molecule has 0 amide bonds. The minimum atomic E-state index is 0.000846. The highest BCUT2D eigenvalue weighted by Crippen LogP contribution is 2.35. The van der Waals surface area contributed by atoms with Crippen LogP contribution in [0.5, 0.6) is 0 Å². The number of ether oxygens (including phenoxy) is 1. The maximum Gasteiger partial charge on any atom is 0.0575 e. The summed E-state index contributed by atoms with van der Waals surface area (Å²) in [6, 6.07) is 6.50. The van der Waals surface area contributed by atoms with Gasteiger partial charge in [-0.1, -0.05) is 17.7 Å². The highest BCUT2D eigenvalue weighted by atomic mass is 32.2. The van der Waals surface area contributed by atoms with Gasteiger partial charge in [0.25, 0.3) is 0 Å². The second-order valence-corrected chi connectivity index (χ2v) is 5.73. The van der Waals surface area contributed by atoms with Crippen molar-refractivity contribution < 1.29 is 9.84 Å². The summed E-state index contributed by atoms with van der Waals surface area (Å²) in [6.07, 6.45) is 0. The molecule has 1 N–H and O–H groups in total. The van der Waals surface area contributed by atoms with Crippen LogP contribution in [-0.4, -0.2) is 30.7 Å². The maximum atomic E-state index is 9.35. The monoisotopic (exact) mass is 238 g/mol. The van der Waals surface area contributed by atoms with Gasteiger partial charge in [-0.2, -0.15) is 0 Å². The third-order valence-electron chi connectivity index (χ3n) is 3.03. The summed E-state index contributed by atoms with van der Waals surface area (Å²) < 4.78 is 5.20. The van der Waals surface area contributed by atoms with Crippen LogP contribution < -0.4 is 0 Å². The molecule has 0 radical (unpaired) electrons. The van der Waals surface area contributed by atoms with Gasteiger partial charge in [0.2, 0.25) is 0 Å². The third kappa shape index (κ3) is 2.42. The van der Waals surface area contributed by atoms with Gasteiger partial charge in [0.15, 0.2) is 0 Å². The molecule has 0 atom stereocenters. The Bertz CT molecular complexity index is 367. The molecule has 0 aromatic heterocycles. The number of rotatable bonds is 4. The first-order valence-electron chi connectivity index (χ1n) is 5.54. The predicted octanol–water partition coefficient (Wildman–Crippen LogP) is 2.40. The smallest absolute Gasteiger partial charge is 0.0575 e. The van der Waals surface area contributed by atoms with Crippen LogP contribution in [-0.2, 0) is 4.74 Å². The molecule has 1 heterocycles. The van der Waals surface area contributed by atoms with E-state index < -0.39 is 0 Å². The molecule has 2 nitrogen and oxygen atoms in total. The summed E-state index contributed by atoms with van der Waals surface area (Å²) in [4.78, 5) is 1.32. The van der Waals surface area contributed by atoms with Gasteiger partial charge in [-0.05, 0) is 25.5 Å². The Kier molecular flexibility index (Phi) is 3.57. The Balaban J connectivity index is 2.01. The zero-order valence-corrected chi connectivity index (χ0v) is 10.6. The van der Waals surface area contributed by atoms with Crippen LogP contribution in [0, 0.1) is 19.3 Å². The average Bonchev–Trinajstić information content (AvgIpc) is 2.22. The molecule has 1 fully saturated rings. The van der Waals surface area contributed by atoms with Crippen molar-refractivity contribution in [2.45, 2.75) is 18.7 Å². The molecule has 3 heteroatoms. The molecule has 1 aliphatic heterocycles. The molecule has 1 saturated heterocycles. The molecule has 1 aromatic rings. The zero-order chi connectivity index (χ0) is 11.6. The van der Waals surface area contributed by atoms with E-state index in [1.165, 1.54) is 16.0 Å². The van der Waals surface area contributed by atoms with E-state index >= 15 is 0 Å². The first kappa shape index (κ1) is 12.0. The SMILES string of the molecule is Cc1ccc(C)c(SCC2(CO)COC2)c1. The number of aliphatic hydroxyl groups is 1. The summed E-state index contributed by atoms with van der Waals surface area (Å²) in [5, 5.41) is 9.35. The largest absolute Gasteiger partial charge is 0.396 e. The van der Waals surface area contributed by atoms with Gasteiger partial charge in [0.05, 0.1) is 19.8 Å². The molecule has 0 saturated carbocycles. The van der Waals surface area contributed by atoms with Gasteiger partial charge in [-0.25, -0.2) is 0 Å². The first-order valence-corrected chi connectivity index (χ1v) is 6.52. The van der Waals surface area contributed by atoms with Crippen LogP contribution >= 0.6 is 11.8 Å². The Morgan fingerprint density at radius 3 is 2.69 bits per heavy atom. The second kappa shape index (κ2) is 4.78. The van der Waals surface area contributed by atoms with E-state index in [0.717, 1.165) is 5.75 Å². The molecule has 2 rings (SSSR count). The molecule has 88 valence electrons. The van der Waals surface area contributed by atoms with Gasteiger partial charge in [-0.3, -0.25) is 0 Å². The van der Waals surface area contributed by atoms with E-state index in [2.05, 4.69) is 32.0 Å². The number of hydrogen-bond acceptors (Lipinski definition) is 3. The second-order valence-electron chi connectivity index (χ2n) is 4.71. The number of aryl methyl sites for hydroxylation is 2. The Hall–Kier alpha value is -0.510. The molecule has 0 spiro atoms. The Morgan fingerprint density at radius 2 is 2.12 bits per heavy atom. The molecule has 0 bridgehead atoms. The number of thioether (sulfide) groups is 1. The van der Waals surface area contributed by atoms with Crippen LogP contribution in [0.25, 0.3) is 0 Å². The molecule has 16 heavy (non-hydrogen) atoms. The summed E-state index contributed by atoms with van der Waals surface area (Å²) in [7, 11) is 0. The molecule has 0 aliphatic carbocycles. The van der Waals surface area contributed by atoms with Crippen LogP contribution in [0.15, 0.2) is 23.1 Å². The Labute approximate surface area is 101 Å². The summed E-state index contributed by atoms with van der Waals surface area (Å²) >= 11 is 1.83. The van der Waals surface area contributed by atoms with Gasteiger partial charge >= 0.3 is 0 Å². The standard InChI is InChI=1S/C13H18O2S/c1-10-3-4-11(2)12(5-10)16-9-13(6-14)7-15-8-13/h3-5,14H,6-9H2,1-2H3. The molecular weight excluding hydrogens is 220 g/mol. The van der Waals surface area contributed by atoms with Crippen molar-refractivity contribution in [3.05, 3.63) is 29.3 Å². The van der Waals surface area contributed by atoms with E-state index in [4.69, 9.17) is 4.74 Å². The topological polar surface area (TPSA) is 29.5 Å². The van der Waals surface area contributed by atoms with E-state index in [1.54, 1.807) is 0 Å². The van der Waals surface area contributed by atoms with Gasteiger partial charge in [0, 0.05) is 16.1 Å². The van der Waals surface area contributed by atoms with Crippen molar-refractivity contribution in [3.8, 4) is 0 Å². The molecule has 1 aromatic carbocycles. The summed E-state index contributed by atoms with van der Waals surface area (Å²) in [5.74, 6) is 0.938. The van der Waals surface area contributed by atoms with E-state index in [-0.39, 0.29) is 12.0 Å². The normalized spacial score (nSPS) is 18.2. The van der Waals surface area contributed by atoms with Crippen molar-refractivity contribution in [2.24, 2.45) is 5.41 Å². The first-order chi connectivity index (χ1) is 7.65. The summed E-state index contributed by atoms with van der Waals surface area (Å²) in [6.45, 7) is 5.86. The molecular formula is C13H18O2S. The third-order valence-corrected chi connectivity index (χ3v) is 4.54. The lowest BCUT2D eigenvalue weighted by molar-refractivity contribution is -0.121. The van der Waals surface area contributed by atoms with Gasteiger partial charge in [0.1, 0.15) is 0 Å². The number of benzene rings is 1. The highest BCUT2D eigenvalue weighted by molar-refractivity contribution is 7.99. The fraction of sp³-hybridized carbons (Fsp3) is 0.538. The van der Waals surface area contributed by atoms with E-state index in [9.17, 15) is 5.11 Å². The Morgan fingerprint density at radius 1 is 1.38 bits per heavy atom. The van der Waals surface area contributed by atoms with Crippen molar-refractivity contribution in [2.75, 3.05) is 25.6 Å². The van der Waals surface area contributed by atoms with E-state index in [0.29, 0.717) is 13.2 Å². The lowest BCUT2D eigenvalue weighted by Gasteiger charge is -2.39. The predicted molar refractivity (Wildman–Crippen MR) is 67.0 cm³/mol. The van der Waals surface area contributed by atoms with Crippen LogP contribution in [0.2, 0.25) is 0 Å². The minimum absolute atomic E-state index is 0.000846. The van der Waals surface area contributed by atoms with Gasteiger partial charge in [-0.15, -0.1) is 11.8 Å². The van der Waals surface area contributed by atoms with Crippen molar-refractivity contribution in [1.82, 2.24) is 0 Å². The highest BCUT2D eigenvalue weighted by Gasteiger charge is 2.38. The average molecular weight is 238 g/mol. The fourth-order valence-electron chi connectivity index (χ4n) is 1.70. The van der Waals surface area contributed by atoms with Crippen LogP contribution in [0.4, 0.5) is 0 Å². The van der Waals surface area contributed by atoms with Gasteiger partial charge < -0.3 is 9.84 Å². The van der Waals surface area contributed by atoms with Crippen molar-refractivity contribution in [3.63, 3.8) is 0 Å². The summed E-state index contributed by atoms with van der Waals surface area (Å²) in [5.41, 5.74) is 2.60. The molecule has 1 aliphatic rings. The van der Waals surface area contributed by atoms with E-state index in [1.807, 2.05) is 11.8 Å². The lowest BCUT2D eigenvalue weighted by Crippen LogP contribution is -2.47. The lowest BCUT2D eigenvalue weighted by atomic mass is 9.90. The molecule has 0 unspecified atom stereocenters. The van der Waals surface area contributed by atoms with Crippen molar-refractivity contribution >= 4 is 11.8 Å². The minimum Gasteiger partial charge on any atom is -0.396 e.